The summed E-state index contributed by atoms with van der Waals surface area (Å²) < 4.78 is 6.26. The molecule has 4 rings (SSSR count). The van der Waals surface area contributed by atoms with Gasteiger partial charge in [0.2, 0.25) is 0 Å². The van der Waals surface area contributed by atoms with Crippen LogP contribution in [0.5, 0.6) is 0 Å². The number of aromatic nitrogens is 1. The fourth-order valence-corrected chi connectivity index (χ4v) is 3.12. The lowest BCUT2D eigenvalue weighted by atomic mass is 10.1. The molecule has 0 saturated carbocycles. The van der Waals surface area contributed by atoms with E-state index in [0.29, 0.717) is 24.5 Å². The molecule has 2 aromatic rings. The van der Waals surface area contributed by atoms with E-state index >= 15 is 0 Å². The molecule has 3 amide bonds. The number of imide groups is 1. The summed E-state index contributed by atoms with van der Waals surface area (Å²) in [5, 5.41) is 2.12. The molecule has 132 valence electrons. The van der Waals surface area contributed by atoms with Gasteiger partial charge in [0, 0.05) is 18.3 Å². The molecular weight excluding hydrogens is 340 g/mol. The van der Waals surface area contributed by atoms with Gasteiger partial charge in [-0.25, -0.2) is 0 Å². The molecule has 1 saturated heterocycles. The second-order valence-corrected chi connectivity index (χ2v) is 5.89. The number of benzene rings is 1. The highest BCUT2D eigenvalue weighted by Gasteiger charge is 2.31. The number of pyridine rings is 1. The average molecular weight is 354 g/mol. The largest absolute Gasteiger partial charge is 0.384 e. The lowest BCUT2D eigenvalue weighted by Crippen LogP contribution is -2.41. The van der Waals surface area contributed by atoms with Crippen molar-refractivity contribution in [1.82, 2.24) is 9.88 Å². The summed E-state index contributed by atoms with van der Waals surface area (Å²) >= 11 is 0. The minimum atomic E-state index is -0.637. The van der Waals surface area contributed by atoms with Gasteiger partial charge in [-0.15, -0.1) is 0 Å². The van der Waals surface area contributed by atoms with Gasteiger partial charge >= 0.3 is 0 Å². The van der Waals surface area contributed by atoms with Crippen molar-refractivity contribution >= 4 is 29.2 Å². The van der Waals surface area contributed by atoms with E-state index in [4.69, 9.17) is 10.5 Å². The number of carbonyl (C=O) groups excluding carboxylic acids is 3. The number of ether oxygens (including phenoxy) is 1. The van der Waals surface area contributed by atoms with Gasteiger partial charge in [0.05, 0.1) is 23.4 Å². The molecule has 0 spiro atoms. The van der Waals surface area contributed by atoms with Crippen LogP contribution in [0.1, 0.15) is 20.7 Å². The predicted molar refractivity (Wildman–Crippen MR) is 91.4 cm³/mol. The van der Waals surface area contributed by atoms with Crippen molar-refractivity contribution in [2.24, 2.45) is 0 Å². The number of fused-ring (bicyclic) bond motifs is 1. The molecule has 0 unspecified atom stereocenters. The molecule has 9 heteroatoms. The van der Waals surface area contributed by atoms with E-state index in [0.717, 1.165) is 10.6 Å². The van der Waals surface area contributed by atoms with Crippen LogP contribution in [0.4, 0.5) is 11.5 Å². The molecule has 3 N–H and O–H groups in total. The number of morpholine rings is 1. The lowest BCUT2D eigenvalue weighted by molar-refractivity contribution is -0.125. The standard InChI is InChI=1S/C17H14N4O5/c18-15-14-11(16(24)19-17(14)25)7-12(22)21(15)10-3-1-9(2-4-10)20-5-6-26-8-13(20)23/h1-4,7H,5-6,8,18H2,(H,19,24,25). The van der Waals surface area contributed by atoms with Crippen molar-refractivity contribution in [2.75, 3.05) is 30.4 Å². The normalized spacial score (nSPS) is 16.6. The summed E-state index contributed by atoms with van der Waals surface area (Å²) in [5.74, 6) is -1.52. The summed E-state index contributed by atoms with van der Waals surface area (Å²) in [5.41, 5.74) is 6.52. The molecular formula is C17H14N4O5. The lowest BCUT2D eigenvalue weighted by Gasteiger charge is -2.27. The molecule has 2 aliphatic heterocycles. The Morgan fingerprint density at radius 2 is 1.69 bits per heavy atom. The van der Waals surface area contributed by atoms with Crippen LogP contribution in [0.15, 0.2) is 35.1 Å². The van der Waals surface area contributed by atoms with Gasteiger partial charge in [0.1, 0.15) is 12.4 Å². The quantitative estimate of drug-likeness (QED) is 0.712. The van der Waals surface area contributed by atoms with Crippen molar-refractivity contribution in [3.8, 4) is 5.69 Å². The van der Waals surface area contributed by atoms with Crippen LogP contribution in [0.3, 0.4) is 0 Å². The summed E-state index contributed by atoms with van der Waals surface area (Å²) in [6.07, 6.45) is 0. The van der Waals surface area contributed by atoms with Crippen LogP contribution >= 0.6 is 0 Å². The Bertz CT molecular complexity index is 1010. The van der Waals surface area contributed by atoms with E-state index in [1.807, 2.05) is 0 Å². The molecule has 26 heavy (non-hydrogen) atoms. The minimum Gasteiger partial charge on any atom is -0.384 e. The summed E-state index contributed by atoms with van der Waals surface area (Å²) in [6, 6.07) is 7.70. The fraction of sp³-hybridized carbons (Fsp3) is 0.176. The Labute approximate surface area is 147 Å². The zero-order valence-electron chi connectivity index (χ0n) is 13.5. The maximum absolute atomic E-state index is 12.4. The van der Waals surface area contributed by atoms with Gasteiger partial charge in [-0.2, -0.15) is 0 Å². The van der Waals surface area contributed by atoms with Gasteiger partial charge in [0.25, 0.3) is 23.3 Å². The average Bonchev–Trinajstić information content (AvgIpc) is 2.90. The Kier molecular flexibility index (Phi) is 3.58. The highest BCUT2D eigenvalue weighted by Crippen LogP contribution is 2.24. The first kappa shape index (κ1) is 16.0. The molecule has 9 nitrogen and oxygen atoms in total. The predicted octanol–water partition coefficient (Wildman–Crippen LogP) is -0.334. The maximum atomic E-state index is 12.4. The summed E-state index contributed by atoms with van der Waals surface area (Å²) in [6.45, 7) is 0.928. The third kappa shape index (κ3) is 2.37. The first-order valence-corrected chi connectivity index (χ1v) is 7.87. The van der Waals surface area contributed by atoms with E-state index < -0.39 is 17.4 Å². The second kappa shape index (κ2) is 5.81. The fourth-order valence-electron chi connectivity index (χ4n) is 3.12. The van der Waals surface area contributed by atoms with E-state index in [-0.39, 0.29) is 29.5 Å². The number of nitrogens with one attached hydrogen (secondary N) is 1. The Morgan fingerprint density at radius 1 is 1.00 bits per heavy atom. The number of hydrogen-bond donors (Lipinski definition) is 2. The molecule has 0 atom stereocenters. The molecule has 0 aliphatic carbocycles. The van der Waals surface area contributed by atoms with Crippen LogP contribution in [0, 0.1) is 0 Å². The van der Waals surface area contributed by atoms with Crippen molar-refractivity contribution < 1.29 is 19.1 Å². The van der Waals surface area contributed by atoms with Crippen LogP contribution in [-0.2, 0) is 9.53 Å². The molecule has 1 aromatic heterocycles. The molecule has 3 heterocycles. The number of anilines is 2. The maximum Gasteiger partial charge on any atom is 0.262 e. The molecule has 0 bridgehead atoms. The van der Waals surface area contributed by atoms with E-state index in [9.17, 15) is 19.2 Å². The van der Waals surface area contributed by atoms with E-state index in [1.165, 1.54) is 0 Å². The number of rotatable bonds is 2. The Balaban J connectivity index is 1.76. The van der Waals surface area contributed by atoms with Crippen molar-refractivity contribution in [3.05, 3.63) is 51.8 Å². The molecule has 1 aromatic carbocycles. The van der Waals surface area contributed by atoms with Gasteiger partial charge < -0.3 is 15.4 Å². The van der Waals surface area contributed by atoms with Crippen LogP contribution in [0.2, 0.25) is 0 Å². The number of nitrogens with two attached hydrogens (primary N) is 1. The number of carbonyl (C=O) groups is 3. The monoisotopic (exact) mass is 354 g/mol. The van der Waals surface area contributed by atoms with Gasteiger partial charge in [0.15, 0.2) is 0 Å². The number of nitrogens with zero attached hydrogens (tertiary/aromatic N) is 2. The number of nitrogen functional groups attached to an aromatic ring is 1. The van der Waals surface area contributed by atoms with Crippen molar-refractivity contribution in [2.45, 2.75) is 0 Å². The Hall–Kier alpha value is -3.46. The van der Waals surface area contributed by atoms with Gasteiger partial charge in [-0.1, -0.05) is 0 Å². The zero-order valence-corrected chi connectivity index (χ0v) is 13.5. The summed E-state index contributed by atoms with van der Waals surface area (Å²) in [4.78, 5) is 49.5. The third-order valence-electron chi connectivity index (χ3n) is 4.36. The highest BCUT2D eigenvalue weighted by molar-refractivity contribution is 6.23. The smallest absolute Gasteiger partial charge is 0.262 e. The zero-order chi connectivity index (χ0) is 18.4. The highest BCUT2D eigenvalue weighted by atomic mass is 16.5. The van der Waals surface area contributed by atoms with Gasteiger partial charge in [-0.3, -0.25) is 29.1 Å². The van der Waals surface area contributed by atoms with Gasteiger partial charge in [-0.05, 0) is 24.3 Å². The van der Waals surface area contributed by atoms with E-state index in [2.05, 4.69) is 5.32 Å². The first-order valence-electron chi connectivity index (χ1n) is 7.87. The SMILES string of the molecule is Nc1c2c(cc(=O)n1-c1ccc(N3CCOCC3=O)cc1)C(=O)NC2=O. The third-order valence-corrected chi connectivity index (χ3v) is 4.36. The molecule has 1 fully saturated rings. The van der Waals surface area contributed by atoms with Crippen molar-refractivity contribution in [1.29, 1.82) is 0 Å². The minimum absolute atomic E-state index is 0.0120. The molecule has 2 aliphatic rings. The van der Waals surface area contributed by atoms with E-state index in [1.54, 1.807) is 29.2 Å². The Morgan fingerprint density at radius 3 is 2.38 bits per heavy atom. The van der Waals surface area contributed by atoms with Crippen molar-refractivity contribution in [3.63, 3.8) is 0 Å². The van der Waals surface area contributed by atoms with Crippen LogP contribution in [0.25, 0.3) is 5.69 Å². The van der Waals surface area contributed by atoms with Crippen LogP contribution in [-0.4, -0.2) is 42.0 Å². The number of amides is 3. The van der Waals surface area contributed by atoms with Crippen LogP contribution < -0.4 is 21.5 Å². The topological polar surface area (TPSA) is 124 Å². The second-order valence-electron chi connectivity index (χ2n) is 5.89. The molecule has 0 radical (unpaired) electrons. The summed E-state index contributed by atoms with van der Waals surface area (Å²) in [7, 11) is 0. The number of hydrogen-bond acceptors (Lipinski definition) is 6. The first-order chi connectivity index (χ1) is 12.5.